The molecule has 0 aliphatic carbocycles. The number of rotatable bonds is 12. The number of ether oxygens (including phenoxy) is 2. The van der Waals surface area contributed by atoms with E-state index in [9.17, 15) is 8.42 Å². The van der Waals surface area contributed by atoms with E-state index in [1.165, 1.54) is 37.6 Å². The fraction of sp³-hybridized carbons (Fsp3) is 0.407. The van der Waals surface area contributed by atoms with Crippen LogP contribution in [0.5, 0.6) is 5.88 Å². The van der Waals surface area contributed by atoms with Gasteiger partial charge in [0.25, 0.3) is 10.0 Å². The van der Waals surface area contributed by atoms with E-state index < -0.39 is 15.8 Å². The summed E-state index contributed by atoms with van der Waals surface area (Å²) in [5, 5.41) is 6.60. The van der Waals surface area contributed by atoms with Gasteiger partial charge in [0, 0.05) is 50.5 Å². The van der Waals surface area contributed by atoms with Crippen LogP contribution in [0.3, 0.4) is 0 Å². The Hall–Kier alpha value is -3.32. The molecule has 0 spiro atoms. The molecule has 1 fully saturated rings. The molecule has 3 N–H and O–H groups in total. The predicted molar refractivity (Wildman–Crippen MR) is 149 cm³/mol. The van der Waals surface area contributed by atoms with Crippen molar-refractivity contribution in [2.45, 2.75) is 31.3 Å². The van der Waals surface area contributed by atoms with E-state index in [2.05, 4.69) is 39.2 Å². The van der Waals surface area contributed by atoms with E-state index in [-0.39, 0.29) is 22.0 Å². The van der Waals surface area contributed by atoms with Gasteiger partial charge in [-0.05, 0) is 35.9 Å². The lowest BCUT2D eigenvalue weighted by molar-refractivity contribution is 0.122. The number of nitrogens with one attached hydrogen (secondary N) is 3. The molecule has 3 aromatic rings. The van der Waals surface area contributed by atoms with Crippen LogP contribution in [0.25, 0.3) is 11.3 Å². The third-order valence-electron chi connectivity index (χ3n) is 6.17. The van der Waals surface area contributed by atoms with Crippen LogP contribution in [0, 0.1) is 5.82 Å². The molecule has 0 bridgehead atoms. The van der Waals surface area contributed by atoms with Crippen LogP contribution >= 0.6 is 0 Å². The van der Waals surface area contributed by atoms with E-state index >= 15 is 4.39 Å². The molecule has 10 nitrogen and oxygen atoms in total. The molecule has 0 unspecified atom stereocenters. The number of anilines is 2. The maximum Gasteiger partial charge on any atom is 0.267 e. The largest absolute Gasteiger partial charge is 0.480 e. The second-order valence-corrected chi connectivity index (χ2v) is 11.1. The second-order valence-electron chi connectivity index (χ2n) is 9.44. The van der Waals surface area contributed by atoms with Crippen molar-refractivity contribution >= 4 is 21.4 Å². The number of halogens is 1. The molecule has 0 amide bonds. The monoisotopic (exact) mass is 558 g/mol. The minimum atomic E-state index is -4.08. The number of morpholine rings is 1. The van der Waals surface area contributed by atoms with Crippen LogP contribution in [0.2, 0.25) is 0 Å². The van der Waals surface area contributed by atoms with Gasteiger partial charge in [-0.2, -0.15) is 0 Å². The molecular weight excluding hydrogens is 523 g/mol. The van der Waals surface area contributed by atoms with Crippen molar-refractivity contribution in [3.05, 3.63) is 60.2 Å². The Morgan fingerprint density at radius 2 is 1.90 bits per heavy atom. The van der Waals surface area contributed by atoms with Crippen LogP contribution in [0.4, 0.5) is 15.8 Å². The molecule has 3 heterocycles. The topological polar surface area (TPSA) is 118 Å². The number of hydrogen-bond donors (Lipinski definition) is 3. The molecule has 1 saturated heterocycles. The summed E-state index contributed by atoms with van der Waals surface area (Å²) in [6.45, 7) is 8.65. The van der Waals surface area contributed by atoms with Crippen molar-refractivity contribution in [3.63, 3.8) is 0 Å². The van der Waals surface area contributed by atoms with Gasteiger partial charge in [0.2, 0.25) is 5.88 Å². The maximum absolute atomic E-state index is 15.0. The Morgan fingerprint density at radius 1 is 1.10 bits per heavy atom. The van der Waals surface area contributed by atoms with Crippen molar-refractivity contribution in [1.29, 1.82) is 0 Å². The molecule has 1 aromatic carbocycles. The molecule has 4 rings (SSSR count). The van der Waals surface area contributed by atoms with Gasteiger partial charge in [-0.3, -0.25) is 9.71 Å². The lowest BCUT2D eigenvalue weighted by atomic mass is 10.1. The Balaban J connectivity index is 1.49. The van der Waals surface area contributed by atoms with Crippen LogP contribution in [0.1, 0.15) is 19.4 Å². The number of methoxy groups -OCH3 is 1. The fourth-order valence-corrected chi connectivity index (χ4v) is 5.36. The first-order valence-electron chi connectivity index (χ1n) is 12.9. The number of benzene rings is 1. The zero-order valence-electron chi connectivity index (χ0n) is 22.4. The van der Waals surface area contributed by atoms with Crippen molar-refractivity contribution in [1.82, 2.24) is 20.6 Å². The zero-order valence-corrected chi connectivity index (χ0v) is 23.2. The summed E-state index contributed by atoms with van der Waals surface area (Å²) in [7, 11) is -2.72. The average Bonchev–Trinajstić information content (AvgIpc) is 2.93. The van der Waals surface area contributed by atoms with Crippen molar-refractivity contribution in [2.75, 3.05) is 56.1 Å². The van der Waals surface area contributed by atoms with Crippen molar-refractivity contribution in [3.8, 4) is 17.1 Å². The minimum absolute atomic E-state index is 0.0241. The van der Waals surface area contributed by atoms with Crippen LogP contribution in [-0.2, 0) is 21.3 Å². The molecule has 1 aliphatic rings. The van der Waals surface area contributed by atoms with E-state index in [1.54, 1.807) is 12.3 Å². The van der Waals surface area contributed by atoms with E-state index in [4.69, 9.17) is 9.47 Å². The van der Waals surface area contributed by atoms with Gasteiger partial charge in [0.1, 0.15) is 5.82 Å². The van der Waals surface area contributed by atoms with Gasteiger partial charge in [-0.1, -0.05) is 19.9 Å². The first-order chi connectivity index (χ1) is 18.8. The van der Waals surface area contributed by atoms with Gasteiger partial charge in [-0.25, -0.2) is 17.8 Å². The van der Waals surface area contributed by atoms with E-state index in [0.717, 1.165) is 18.7 Å². The summed E-state index contributed by atoms with van der Waals surface area (Å²) in [6, 6.07) is 9.89. The quantitative estimate of drug-likeness (QED) is 0.288. The number of aromatic nitrogens is 2. The predicted octanol–water partition coefficient (Wildman–Crippen LogP) is 3.02. The lowest BCUT2D eigenvalue weighted by Crippen LogP contribution is -2.36. The molecule has 2 aromatic heterocycles. The molecule has 39 heavy (non-hydrogen) atoms. The number of nitrogens with zero attached hydrogens (tertiary/aromatic N) is 3. The summed E-state index contributed by atoms with van der Waals surface area (Å²) in [5.41, 5.74) is 2.28. The van der Waals surface area contributed by atoms with Crippen molar-refractivity contribution < 1.29 is 22.3 Å². The van der Waals surface area contributed by atoms with E-state index in [0.29, 0.717) is 50.3 Å². The number of sulfonamides is 1. The molecule has 0 atom stereocenters. The Labute approximate surface area is 229 Å². The molecule has 0 saturated carbocycles. The van der Waals surface area contributed by atoms with Crippen LogP contribution in [-0.4, -0.2) is 70.9 Å². The third kappa shape index (κ3) is 7.63. The molecule has 1 aliphatic heterocycles. The van der Waals surface area contributed by atoms with Gasteiger partial charge in [0.15, 0.2) is 4.90 Å². The highest BCUT2D eigenvalue weighted by atomic mass is 32.2. The van der Waals surface area contributed by atoms with Gasteiger partial charge in [-0.15, -0.1) is 0 Å². The summed E-state index contributed by atoms with van der Waals surface area (Å²) in [6.07, 6.45) is 3.02. The fourth-order valence-electron chi connectivity index (χ4n) is 4.17. The minimum Gasteiger partial charge on any atom is -0.480 e. The standard InChI is InChI=1S/C27H35FN6O4S/c1-19(2)30-9-8-29-17-20-4-5-23(24(28)14-20)25-15-21(6-7-31-25)33-39(35,36)26-16-22(18-32-27(26)37-3)34-10-12-38-13-11-34/h4-7,14-16,18-19,29-30H,8-13,17H2,1-3H3,(H,31,33). The van der Waals surface area contributed by atoms with Crippen molar-refractivity contribution in [2.24, 2.45) is 0 Å². The highest BCUT2D eigenvalue weighted by Gasteiger charge is 2.24. The Bertz CT molecular complexity index is 1370. The number of hydrogen-bond acceptors (Lipinski definition) is 9. The normalized spacial score (nSPS) is 14.0. The summed E-state index contributed by atoms with van der Waals surface area (Å²) < 4.78 is 55.0. The maximum atomic E-state index is 15.0. The molecule has 12 heteroatoms. The second kappa shape index (κ2) is 13.2. The van der Waals surface area contributed by atoms with Gasteiger partial charge in [0.05, 0.1) is 43.6 Å². The lowest BCUT2D eigenvalue weighted by Gasteiger charge is -2.29. The third-order valence-corrected chi connectivity index (χ3v) is 7.54. The molecule has 0 radical (unpaired) electrons. The summed E-state index contributed by atoms with van der Waals surface area (Å²) >= 11 is 0. The van der Waals surface area contributed by atoms with E-state index in [1.807, 2.05) is 11.0 Å². The Morgan fingerprint density at radius 3 is 2.62 bits per heavy atom. The SMILES string of the molecule is COc1ncc(N2CCOCC2)cc1S(=O)(=O)Nc1ccnc(-c2ccc(CNCCNC(C)C)cc2F)c1. The zero-order chi connectivity index (χ0) is 27.8. The highest BCUT2D eigenvalue weighted by molar-refractivity contribution is 7.92. The first-order valence-corrected chi connectivity index (χ1v) is 14.3. The van der Waals surface area contributed by atoms with Gasteiger partial charge < -0.3 is 25.0 Å². The summed E-state index contributed by atoms with van der Waals surface area (Å²) in [4.78, 5) is 10.4. The smallest absolute Gasteiger partial charge is 0.267 e. The average molecular weight is 559 g/mol. The van der Waals surface area contributed by atoms with Crippen LogP contribution in [0.15, 0.2) is 53.7 Å². The number of pyridine rings is 2. The Kier molecular flexibility index (Phi) is 9.68. The first kappa shape index (κ1) is 28.7. The van der Waals surface area contributed by atoms with Crippen LogP contribution < -0.4 is 25.0 Å². The molecule has 210 valence electrons. The van der Waals surface area contributed by atoms with Gasteiger partial charge >= 0.3 is 0 Å². The highest BCUT2D eigenvalue weighted by Crippen LogP contribution is 2.30. The summed E-state index contributed by atoms with van der Waals surface area (Å²) in [5.74, 6) is -0.463. The molecular formula is C27H35FN6O4S.